The monoisotopic (exact) mass is 426 g/mol. The van der Waals surface area contributed by atoms with Crippen molar-refractivity contribution >= 4 is 35.3 Å². The molecule has 0 aliphatic rings. The van der Waals surface area contributed by atoms with Crippen LogP contribution in [0.1, 0.15) is 17.0 Å². The summed E-state index contributed by atoms with van der Waals surface area (Å²) in [5.41, 5.74) is -0.743. The normalized spacial score (nSPS) is 11.0. The summed E-state index contributed by atoms with van der Waals surface area (Å²) in [5.74, 6) is -1.15. The molecule has 1 aromatic heterocycles. The van der Waals surface area contributed by atoms with E-state index < -0.39 is 27.0 Å². The van der Waals surface area contributed by atoms with Gasteiger partial charge in [0.1, 0.15) is 5.82 Å². The number of H-pyrrole nitrogens is 1. The van der Waals surface area contributed by atoms with Crippen LogP contribution in [-0.2, 0) is 0 Å². The largest absolute Gasteiger partial charge is 0.488 e. The van der Waals surface area contributed by atoms with Gasteiger partial charge >= 0.3 is 11.2 Å². The first-order valence-electron chi connectivity index (χ1n) is 8.43. The van der Waals surface area contributed by atoms with E-state index >= 15 is 0 Å². The van der Waals surface area contributed by atoms with Gasteiger partial charge in [0, 0.05) is 11.0 Å². The molecule has 2 aromatic carbocycles. The second-order valence-corrected chi connectivity index (χ2v) is 7.23. The Labute approximate surface area is 173 Å². The number of nitro benzene ring substituents is 1. The van der Waals surface area contributed by atoms with E-state index in [0.29, 0.717) is 10.5 Å². The molecule has 0 unspecified atom stereocenters. The van der Waals surface area contributed by atoms with E-state index in [9.17, 15) is 30.1 Å². The fourth-order valence-corrected chi connectivity index (χ4v) is 3.39. The van der Waals surface area contributed by atoms with Gasteiger partial charge < -0.3 is 10.1 Å². The SMILES string of the molecule is Cc1ccc(Sc2ccc(/C=C/c3nc(O)c([N+](=O)[O-])c(=O)[nH]3)cc2[N+](=O)[O-])cc1. The molecule has 3 rings (SSSR count). The molecule has 1 heterocycles. The Balaban J connectivity index is 1.89. The van der Waals surface area contributed by atoms with E-state index in [0.717, 1.165) is 10.5 Å². The van der Waals surface area contributed by atoms with Crippen LogP contribution in [0.5, 0.6) is 5.88 Å². The molecule has 10 nitrogen and oxygen atoms in total. The minimum Gasteiger partial charge on any atom is -0.488 e. The average molecular weight is 426 g/mol. The second kappa shape index (κ2) is 8.57. The number of nitrogens with zero attached hydrogens (tertiary/aromatic N) is 3. The summed E-state index contributed by atoms with van der Waals surface area (Å²) < 4.78 is 0. The van der Waals surface area contributed by atoms with Crippen molar-refractivity contribution < 1.29 is 15.0 Å². The minimum atomic E-state index is -1.11. The number of aromatic nitrogens is 2. The summed E-state index contributed by atoms with van der Waals surface area (Å²) in [6, 6.07) is 12.2. The van der Waals surface area contributed by atoms with E-state index in [1.165, 1.54) is 30.0 Å². The predicted molar refractivity (Wildman–Crippen MR) is 111 cm³/mol. The average Bonchev–Trinajstić information content (AvgIpc) is 2.68. The summed E-state index contributed by atoms with van der Waals surface area (Å²) in [6.07, 6.45) is 2.70. The van der Waals surface area contributed by atoms with Gasteiger partial charge in [-0.3, -0.25) is 25.0 Å². The Hall–Kier alpha value is -3.99. The maximum absolute atomic E-state index is 11.7. The van der Waals surface area contributed by atoms with E-state index in [-0.39, 0.29) is 11.5 Å². The van der Waals surface area contributed by atoms with Gasteiger partial charge in [-0.2, -0.15) is 4.98 Å². The van der Waals surface area contributed by atoms with Crippen LogP contribution in [0.3, 0.4) is 0 Å². The molecule has 152 valence electrons. The molecule has 0 radical (unpaired) electrons. The Bertz CT molecular complexity index is 1220. The van der Waals surface area contributed by atoms with Crippen LogP contribution in [0.2, 0.25) is 0 Å². The molecule has 11 heteroatoms. The van der Waals surface area contributed by atoms with Crippen molar-refractivity contribution in [2.45, 2.75) is 16.7 Å². The molecule has 0 atom stereocenters. The maximum Gasteiger partial charge on any atom is 0.395 e. The Morgan fingerprint density at radius 3 is 2.37 bits per heavy atom. The molecule has 0 spiro atoms. The molecule has 0 fully saturated rings. The third-order valence-corrected chi connectivity index (χ3v) is 5.01. The molecule has 30 heavy (non-hydrogen) atoms. The third-order valence-electron chi connectivity index (χ3n) is 3.94. The lowest BCUT2D eigenvalue weighted by molar-refractivity contribution is -0.387. The maximum atomic E-state index is 11.7. The van der Waals surface area contributed by atoms with Gasteiger partial charge in [0.05, 0.1) is 14.7 Å². The topological polar surface area (TPSA) is 152 Å². The van der Waals surface area contributed by atoms with E-state index in [2.05, 4.69) is 9.97 Å². The van der Waals surface area contributed by atoms with E-state index in [1.807, 2.05) is 31.2 Å². The molecular formula is C19H14N4O6S. The number of hydrogen-bond donors (Lipinski definition) is 2. The number of aromatic hydroxyl groups is 1. The molecule has 0 aliphatic heterocycles. The molecular weight excluding hydrogens is 412 g/mol. The zero-order valence-electron chi connectivity index (χ0n) is 15.4. The van der Waals surface area contributed by atoms with Crippen molar-refractivity contribution in [3.8, 4) is 5.88 Å². The lowest BCUT2D eigenvalue weighted by Crippen LogP contribution is -2.14. The van der Waals surface area contributed by atoms with Gasteiger partial charge in [-0.05, 0) is 36.8 Å². The minimum absolute atomic E-state index is 0.101. The predicted octanol–water partition coefficient (Wildman–Crippen LogP) is 3.92. The number of nitro groups is 2. The zero-order chi connectivity index (χ0) is 21.8. The molecule has 0 amide bonds. The number of aryl methyl sites for hydroxylation is 1. The van der Waals surface area contributed by atoms with Crippen molar-refractivity contribution in [2.24, 2.45) is 0 Å². The number of rotatable bonds is 6. The van der Waals surface area contributed by atoms with Crippen molar-refractivity contribution in [3.63, 3.8) is 0 Å². The summed E-state index contributed by atoms with van der Waals surface area (Å²) in [5, 5.41) is 31.8. The number of benzene rings is 2. The van der Waals surface area contributed by atoms with Gasteiger partial charge in [-0.25, -0.2) is 0 Å². The molecule has 0 bridgehead atoms. The quantitative estimate of drug-likeness (QED) is 0.444. The van der Waals surface area contributed by atoms with Crippen LogP contribution in [0.4, 0.5) is 11.4 Å². The Morgan fingerprint density at radius 1 is 1.07 bits per heavy atom. The first-order valence-corrected chi connectivity index (χ1v) is 9.25. The lowest BCUT2D eigenvalue weighted by Gasteiger charge is -2.05. The highest BCUT2D eigenvalue weighted by molar-refractivity contribution is 7.99. The Morgan fingerprint density at radius 2 is 1.77 bits per heavy atom. The number of nitrogens with one attached hydrogen (secondary N) is 1. The molecule has 3 aromatic rings. The summed E-state index contributed by atoms with van der Waals surface area (Å²) in [4.78, 5) is 39.4. The van der Waals surface area contributed by atoms with Crippen LogP contribution in [0.25, 0.3) is 12.2 Å². The van der Waals surface area contributed by atoms with Gasteiger partial charge in [0.25, 0.3) is 11.6 Å². The highest BCUT2D eigenvalue weighted by atomic mass is 32.2. The molecule has 0 saturated heterocycles. The Kier molecular flexibility index (Phi) is 5.93. The van der Waals surface area contributed by atoms with Gasteiger partial charge in [0.15, 0.2) is 0 Å². The highest BCUT2D eigenvalue weighted by Gasteiger charge is 2.21. The fourth-order valence-electron chi connectivity index (χ4n) is 2.49. The van der Waals surface area contributed by atoms with E-state index in [1.54, 1.807) is 12.1 Å². The first kappa shape index (κ1) is 20.7. The zero-order valence-corrected chi connectivity index (χ0v) is 16.3. The summed E-state index contributed by atoms with van der Waals surface area (Å²) >= 11 is 1.26. The summed E-state index contributed by atoms with van der Waals surface area (Å²) in [7, 11) is 0. The van der Waals surface area contributed by atoms with Crippen LogP contribution in [0, 0.1) is 27.2 Å². The van der Waals surface area contributed by atoms with Crippen molar-refractivity contribution in [3.05, 3.63) is 90.0 Å². The number of hydrogen-bond acceptors (Lipinski definition) is 8. The van der Waals surface area contributed by atoms with Crippen LogP contribution in [-0.4, -0.2) is 24.9 Å². The first-order chi connectivity index (χ1) is 14.2. The smallest absolute Gasteiger partial charge is 0.395 e. The second-order valence-electron chi connectivity index (χ2n) is 6.11. The molecule has 2 N–H and O–H groups in total. The van der Waals surface area contributed by atoms with Crippen LogP contribution in [0.15, 0.2) is 57.1 Å². The van der Waals surface area contributed by atoms with E-state index in [4.69, 9.17) is 0 Å². The lowest BCUT2D eigenvalue weighted by atomic mass is 10.2. The van der Waals surface area contributed by atoms with Gasteiger partial charge in [-0.15, -0.1) is 0 Å². The third kappa shape index (κ3) is 4.70. The standard InChI is InChI=1S/C19H14N4O6S/c1-11-2-6-13(7-3-11)30-15-8-4-12(10-14(15)22(26)27)5-9-16-20-18(24)17(23(28)29)19(25)21-16/h2-10H,1H3,(H2,20,21,24,25)/b9-5+. The van der Waals surface area contributed by atoms with Gasteiger partial charge in [-0.1, -0.05) is 41.6 Å². The van der Waals surface area contributed by atoms with Crippen molar-refractivity contribution in [2.75, 3.05) is 0 Å². The number of aromatic amines is 1. The van der Waals surface area contributed by atoms with Crippen molar-refractivity contribution in [1.82, 2.24) is 9.97 Å². The highest BCUT2D eigenvalue weighted by Crippen LogP contribution is 2.35. The van der Waals surface area contributed by atoms with Crippen LogP contribution < -0.4 is 5.56 Å². The summed E-state index contributed by atoms with van der Waals surface area (Å²) in [6.45, 7) is 1.95. The van der Waals surface area contributed by atoms with Crippen molar-refractivity contribution in [1.29, 1.82) is 0 Å². The molecule has 0 aliphatic carbocycles. The van der Waals surface area contributed by atoms with Crippen LogP contribution >= 0.6 is 11.8 Å². The van der Waals surface area contributed by atoms with Gasteiger partial charge in [0.2, 0.25) is 0 Å². The molecule has 0 saturated carbocycles. The fraction of sp³-hybridized carbons (Fsp3) is 0.0526.